The molecule has 1 aromatic heterocycles. The van der Waals surface area contributed by atoms with Crippen molar-refractivity contribution in [1.82, 2.24) is 10.3 Å². The minimum Gasteiger partial charge on any atom is -0.465 e. The summed E-state index contributed by atoms with van der Waals surface area (Å²) in [5.74, 6) is 2.14. The predicted octanol–water partition coefficient (Wildman–Crippen LogP) is 1.85. The Bertz CT molecular complexity index is 388. The number of aromatic nitrogens is 1. The fourth-order valence-corrected chi connectivity index (χ4v) is 3.02. The van der Waals surface area contributed by atoms with E-state index in [4.69, 9.17) is 0 Å². The van der Waals surface area contributed by atoms with Gasteiger partial charge >= 0.3 is 5.97 Å². The molecule has 1 aliphatic heterocycles. The fraction of sp³-hybridized carbons (Fsp3) is 0.538. The summed E-state index contributed by atoms with van der Waals surface area (Å²) in [5.41, 5.74) is 1.45. The van der Waals surface area contributed by atoms with Crippen molar-refractivity contribution in [2.45, 2.75) is 25.4 Å². The fourth-order valence-electron chi connectivity index (χ4n) is 1.92. The average Bonchev–Trinajstić information content (AvgIpc) is 2.46. The van der Waals surface area contributed by atoms with E-state index in [0.29, 0.717) is 11.6 Å². The van der Waals surface area contributed by atoms with E-state index in [2.05, 4.69) is 15.0 Å². The van der Waals surface area contributed by atoms with Gasteiger partial charge in [0.15, 0.2) is 0 Å². The van der Waals surface area contributed by atoms with E-state index in [9.17, 15) is 4.79 Å². The van der Waals surface area contributed by atoms with E-state index in [1.807, 2.05) is 17.8 Å². The number of hydrogen-bond acceptors (Lipinski definition) is 5. The first kappa shape index (κ1) is 13.4. The predicted molar refractivity (Wildman–Crippen MR) is 72.8 cm³/mol. The standard InChI is InChI=1S/C13H18N2O2S/c1-17-13(16)10-2-3-12(14-8-10)9-15-11-4-6-18-7-5-11/h2-3,8,11,15H,4-7,9H2,1H3. The monoisotopic (exact) mass is 266 g/mol. The van der Waals surface area contributed by atoms with Gasteiger partial charge in [0.05, 0.1) is 18.4 Å². The second kappa shape index (κ2) is 6.75. The smallest absolute Gasteiger partial charge is 0.339 e. The van der Waals surface area contributed by atoms with Crippen molar-refractivity contribution >= 4 is 17.7 Å². The zero-order chi connectivity index (χ0) is 12.8. The van der Waals surface area contributed by atoms with Crippen LogP contribution in [0.5, 0.6) is 0 Å². The first-order valence-electron chi connectivity index (χ1n) is 6.14. The molecule has 0 saturated carbocycles. The van der Waals surface area contributed by atoms with E-state index >= 15 is 0 Å². The Balaban J connectivity index is 1.84. The van der Waals surface area contributed by atoms with Gasteiger partial charge in [-0.3, -0.25) is 4.98 Å². The summed E-state index contributed by atoms with van der Waals surface area (Å²) in [7, 11) is 1.37. The van der Waals surface area contributed by atoms with Crippen LogP contribution < -0.4 is 5.32 Å². The minimum absolute atomic E-state index is 0.341. The van der Waals surface area contributed by atoms with Gasteiger partial charge in [0.1, 0.15) is 0 Å². The third-order valence-electron chi connectivity index (χ3n) is 3.04. The molecule has 0 bridgehead atoms. The second-order valence-corrected chi connectivity index (χ2v) is 5.52. The summed E-state index contributed by atoms with van der Waals surface area (Å²) in [6, 6.07) is 4.23. The number of ether oxygens (including phenoxy) is 1. The highest BCUT2D eigenvalue weighted by Gasteiger charge is 2.13. The van der Waals surface area contributed by atoms with Gasteiger partial charge in [0.25, 0.3) is 0 Å². The normalized spacial score (nSPS) is 16.5. The minimum atomic E-state index is -0.341. The van der Waals surface area contributed by atoms with Crippen LogP contribution in [0.3, 0.4) is 0 Å². The summed E-state index contributed by atoms with van der Waals surface area (Å²) in [6.07, 6.45) is 4.02. The lowest BCUT2D eigenvalue weighted by Crippen LogP contribution is -2.32. The molecule has 4 nitrogen and oxygen atoms in total. The Hall–Kier alpha value is -1.07. The van der Waals surface area contributed by atoms with Gasteiger partial charge in [-0.1, -0.05) is 0 Å². The van der Waals surface area contributed by atoms with Crippen molar-refractivity contribution in [3.8, 4) is 0 Å². The van der Waals surface area contributed by atoms with Gasteiger partial charge < -0.3 is 10.1 Å². The quantitative estimate of drug-likeness (QED) is 0.843. The molecule has 0 aromatic carbocycles. The van der Waals surface area contributed by atoms with Crippen LogP contribution in [0.15, 0.2) is 18.3 Å². The molecule has 98 valence electrons. The Morgan fingerprint density at radius 2 is 2.28 bits per heavy atom. The van der Waals surface area contributed by atoms with Crippen molar-refractivity contribution in [2.75, 3.05) is 18.6 Å². The molecule has 0 radical (unpaired) electrons. The van der Waals surface area contributed by atoms with E-state index in [-0.39, 0.29) is 5.97 Å². The summed E-state index contributed by atoms with van der Waals surface area (Å²) >= 11 is 2.02. The Kier molecular flexibility index (Phi) is 5.01. The number of hydrogen-bond donors (Lipinski definition) is 1. The summed E-state index contributed by atoms with van der Waals surface area (Å²) in [4.78, 5) is 15.5. The molecule has 0 unspecified atom stereocenters. The van der Waals surface area contributed by atoms with Crippen molar-refractivity contribution in [2.24, 2.45) is 0 Å². The number of nitrogens with one attached hydrogen (secondary N) is 1. The lowest BCUT2D eigenvalue weighted by atomic mass is 10.1. The van der Waals surface area contributed by atoms with Crippen LogP contribution >= 0.6 is 11.8 Å². The molecule has 0 amide bonds. The number of rotatable bonds is 4. The number of esters is 1. The number of nitrogens with zero attached hydrogens (tertiary/aromatic N) is 1. The number of methoxy groups -OCH3 is 1. The van der Waals surface area contributed by atoms with Gasteiger partial charge in [0, 0.05) is 18.8 Å². The van der Waals surface area contributed by atoms with Crippen LogP contribution in [0.4, 0.5) is 0 Å². The van der Waals surface area contributed by atoms with Crippen molar-refractivity contribution in [3.63, 3.8) is 0 Å². The first-order valence-corrected chi connectivity index (χ1v) is 7.29. The SMILES string of the molecule is COC(=O)c1ccc(CNC2CCSCC2)nc1. The number of pyridine rings is 1. The highest BCUT2D eigenvalue weighted by Crippen LogP contribution is 2.17. The van der Waals surface area contributed by atoms with Crippen LogP contribution in [0.1, 0.15) is 28.9 Å². The van der Waals surface area contributed by atoms with Crippen LogP contribution in [0, 0.1) is 0 Å². The molecular formula is C13H18N2O2S. The van der Waals surface area contributed by atoms with Gasteiger partial charge in [0.2, 0.25) is 0 Å². The Morgan fingerprint density at radius 3 is 2.89 bits per heavy atom. The molecule has 1 fully saturated rings. The maximum atomic E-state index is 11.2. The van der Waals surface area contributed by atoms with E-state index < -0.39 is 0 Å². The zero-order valence-corrected chi connectivity index (χ0v) is 11.3. The zero-order valence-electron chi connectivity index (χ0n) is 10.5. The third-order valence-corrected chi connectivity index (χ3v) is 4.09. The molecule has 2 heterocycles. The Labute approximate surface area is 112 Å². The van der Waals surface area contributed by atoms with Gasteiger partial charge in [-0.05, 0) is 36.5 Å². The van der Waals surface area contributed by atoms with Gasteiger partial charge in [-0.25, -0.2) is 4.79 Å². The summed E-state index contributed by atoms with van der Waals surface area (Å²) in [6.45, 7) is 0.761. The lowest BCUT2D eigenvalue weighted by Gasteiger charge is -2.22. The Morgan fingerprint density at radius 1 is 1.50 bits per heavy atom. The topological polar surface area (TPSA) is 51.2 Å². The second-order valence-electron chi connectivity index (χ2n) is 4.30. The number of carbonyl (C=O) groups is 1. The van der Waals surface area contributed by atoms with Crippen LogP contribution in [-0.4, -0.2) is 35.6 Å². The van der Waals surface area contributed by atoms with Crippen LogP contribution in [0.2, 0.25) is 0 Å². The molecule has 1 N–H and O–H groups in total. The lowest BCUT2D eigenvalue weighted by molar-refractivity contribution is 0.0600. The highest BCUT2D eigenvalue weighted by molar-refractivity contribution is 7.99. The maximum Gasteiger partial charge on any atom is 0.339 e. The molecule has 0 aliphatic carbocycles. The molecule has 0 atom stereocenters. The molecule has 18 heavy (non-hydrogen) atoms. The average molecular weight is 266 g/mol. The molecule has 1 aliphatic rings. The van der Waals surface area contributed by atoms with Gasteiger partial charge in [-0.15, -0.1) is 0 Å². The first-order chi connectivity index (χ1) is 8.79. The maximum absolute atomic E-state index is 11.2. The van der Waals surface area contributed by atoms with Crippen LogP contribution in [-0.2, 0) is 11.3 Å². The number of carbonyl (C=O) groups excluding carboxylic acids is 1. The third kappa shape index (κ3) is 3.71. The molecule has 1 aromatic rings. The largest absolute Gasteiger partial charge is 0.465 e. The summed E-state index contributed by atoms with van der Waals surface area (Å²) in [5, 5.41) is 3.51. The molecule has 5 heteroatoms. The molecule has 0 spiro atoms. The van der Waals surface area contributed by atoms with Crippen molar-refractivity contribution in [3.05, 3.63) is 29.6 Å². The molecular weight excluding hydrogens is 248 g/mol. The van der Waals surface area contributed by atoms with Crippen LogP contribution in [0.25, 0.3) is 0 Å². The molecule has 1 saturated heterocycles. The number of thioether (sulfide) groups is 1. The highest BCUT2D eigenvalue weighted by atomic mass is 32.2. The van der Waals surface area contributed by atoms with E-state index in [1.54, 1.807) is 12.3 Å². The van der Waals surface area contributed by atoms with E-state index in [1.165, 1.54) is 31.5 Å². The van der Waals surface area contributed by atoms with E-state index in [0.717, 1.165) is 12.2 Å². The van der Waals surface area contributed by atoms with Crippen molar-refractivity contribution in [1.29, 1.82) is 0 Å². The van der Waals surface area contributed by atoms with Crippen molar-refractivity contribution < 1.29 is 9.53 Å². The summed E-state index contributed by atoms with van der Waals surface area (Å²) < 4.78 is 4.63. The van der Waals surface area contributed by atoms with Gasteiger partial charge in [-0.2, -0.15) is 11.8 Å². The molecule has 2 rings (SSSR count).